The van der Waals surface area contributed by atoms with Gasteiger partial charge in [-0.25, -0.2) is 13.1 Å². The first-order valence-electron chi connectivity index (χ1n) is 9.74. The van der Waals surface area contributed by atoms with Gasteiger partial charge in [-0.05, 0) is 30.3 Å². The summed E-state index contributed by atoms with van der Waals surface area (Å²) in [7, 11) is -0.0999. The molecule has 3 rings (SSSR count). The van der Waals surface area contributed by atoms with Crippen molar-refractivity contribution < 1.29 is 22.7 Å². The molecule has 8 nitrogen and oxygen atoms in total. The van der Waals surface area contributed by atoms with Gasteiger partial charge in [-0.1, -0.05) is 25.1 Å². The van der Waals surface area contributed by atoms with Crippen LogP contribution in [0.3, 0.4) is 0 Å². The summed E-state index contributed by atoms with van der Waals surface area (Å²) in [4.78, 5) is 12.9. The molecular formula is C22H25N3O5S. The highest BCUT2D eigenvalue weighted by Crippen LogP contribution is 2.33. The van der Waals surface area contributed by atoms with Crippen LogP contribution in [-0.4, -0.2) is 56.4 Å². The van der Waals surface area contributed by atoms with E-state index in [-0.39, 0.29) is 18.1 Å². The third kappa shape index (κ3) is 5.24. The maximum Gasteiger partial charge on any atom is 0.255 e. The average molecular weight is 444 g/mol. The highest BCUT2D eigenvalue weighted by atomic mass is 32.2. The van der Waals surface area contributed by atoms with Gasteiger partial charge in [0.15, 0.2) is 21.3 Å². The van der Waals surface area contributed by atoms with E-state index < -0.39 is 15.7 Å². The fourth-order valence-corrected chi connectivity index (χ4v) is 3.71. The number of carbonyl (C=O) groups excluding carboxylic acids is 1. The van der Waals surface area contributed by atoms with Gasteiger partial charge < -0.3 is 14.8 Å². The van der Waals surface area contributed by atoms with Gasteiger partial charge in [0, 0.05) is 24.1 Å². The van der Waals surface area contributed by atoms with Gasteiger partial charge in [0.25, 0.3) is 5.91 Å². The van der Waals surface area contributed by atoms with Crippen LogP contribution in [0.15, 0.2) is 54.7 Å². The zero-order chi connectivity index (χ0) is 22.4. The van der Waals surface area contributed by atoms with Crippen molar-refractivity contribution >= 4 is 15.7 Å². The van der Waals surface area contributed by atoms with Gasteiger partial charge in [0.1, 0.15) is 5.69 Å². The Balaban J connectivity index is 1.99. The number of nitrogens with zero attached hydrogens (tertiary/aromatic N) is 2. The first kappa shape index (κ1) is 22.4. The average Bonchev–Trinajstić information content (AvgIpc) is 3.24. The Hall–Kier alpha value is -3.33. The highest BCUT2D eigenvalue weighted by molar-refractivity contribution is 7.91. The summed E-state index contributed by atoms with van der Waals surface area (Å²) in [6.45, 7) is 1.60. The predicted molar refractivity (Wildman–Crippen MR) is 119 cm³/mol. The molecule has 0 spiro atoms. The molecule has 1 heterocycles. The van der Waals surface area contributed by atoms with Gasteiger partial charge in [0.05, 0.1) is 31.2 Å². The van der Waals surface area contributed by atoms with Crippen LogP contribution in [0.4, 0.5) is 0 Å². The molecule has 0 unspecified atom stereocenters. The molecule has 2 aromatic carbocycles. The number of benzene rings is 2. The van der Waals surface area contributed by atoms with Crippen LogP contribution in [0.25, 0.3) is 16.9 Å². The van der Waals surface area contributed by atoms with E-state index in [1.54, 1.807) is 43.1 Å². The van der Waals surface area contributed by atoms with Crippen molar-refractivity contribution in [3.8, 4) is 28.4 Å². The maximum atomic E-state index is 12.9. The second kappa shape index (κ2) is 9.65. The summed E-state index contributed by atoms with van der Waals surface area (Å²) < 4.78 is 35.7. The molecule has 0 aliphatic rings. The molecule has 0 radical (unpaired) electrons. The molecule has 3 aromatic rings. The Morgan fingerprint density at radius 2 is 1.77 bits per heavy atom. The summed E-state index contributed by atoms with van der Waals surface area (Å²) in [5.74, 6) is 0.580. The minimum Gasteiger partial charge on any atom is -0.493 e. The molecule has 31 heavy (non-hydrogen) atoms. The molecule has 0 aliphatic heterocycles. The number of methoxy groups -OCH3 is 2. The number of para-hydroxylation sites is 1. The third-order valence-electron chi connectivity index (χ3n) is 4.78. The van der Waals surface area contributed by atoms with Gasteiger partial charge in [-0.2, -0.15) is 5.10 Å². The van der Waals surface area contributed by atoms with Crippen LogP contribution >= 0.6 is 0 Å². The molecule has 0 aliphatic carbocycles. The van der Waals surface area contributed by atoms with E-state index in [0.717, 1.165) is 5.69 Å². The fraction of sp³-hybridized carbons (Fsp3) is 0.273. The molecule has 0 bridgehead atoms. The molecule has 1 aromatic heterocycles. The summed E-state index contributed by atoms with van der Waals surface area (Å²) in [5.41, 5.74) is 2.22. The number of aromatic nitrogens is 2. The first-order valence-corrected chi connectivity index (χ1v) is 11.6. The van der Waals surface area contributed by atoms with E-state index in [9.17, 15) is 13.2 Å². The lowest BCUT2D eigenvalue weighted by molar-refractivity contribution is 0.0956. The summed E-state index contributed by atoms with van der Waals surface area (Å²) in [5, 5.41) is 7.31. The second-order valence-corrected chi connectivity index (χ2v) is 9.21. The van der Waals surface area contributed by atoms with E-state index in [4.69, 9.17) is 9.47 Å². The molecule has 0 saturated carbocycles. The van der Waals surface area contributed by atoms with Crippen LogP contribution in [0.1, 0.15) is 17.3 Å². The van der Waals surface area contributed by atoms with Gasteiger partial charge >= 0.3 is 0 Å². The number of rotatable bonds is 9. The summed E-state index contributed by atoms with van der Waals surface area (Å²) in [6.07, 6.45) is 1.63. The Bertz CT molecular complexity index is 1160. The zero-order valence-electron chi connectivity index (χ0n) is 17.7. The van der Waals surface area contributed by atoms with Crippen molar-refractivity contribution in [3.63, 3.8) is 0 Å². The topological polar surface area (TPSA) is 99.5 Å². The van der Waals surface area contributed by atoms with Crippen LogP contribution in [0.2, 0.25) is 0 Å². The van der Waals surface area contributed by atoms with Crippen molar-refractivity contribution in [1.29, 1.82) is 0 Å². The standard InChI is InChI=1S/C22H25N3O5S/c1-4-31(27,28)13-12-23-22(26)18-15-25(17-8-6-5-7-9-17)24-21(18)16-10-11-19(29-2)20(14-16)30-3/h5-11,14-15H,4,12-13H2,1-3H3,(H,23,26). The smallest absolute Gasteiger partial charge is 0.255 e. The van der Waals surface area contributed by atoms with Gasteiger partial charge in [-0.3, -0.25) is 4.79 Å². The van der Waals surface area contributed by atoms with E-state index >= 15 is 0 Å². The number of carbonyl (C=O) groups is 1. The number of hydrogen-bond donors (Lipinski definition) is 1. The molecule has 1 N–H and O–H groups in total. The van der Waals surface area contributed by atoms with E-state index in [0.29, 0.717) is 28.3 Å². The maximum absolute atomic E-state index is 12.9. The number of ether oxygens (including phenoxy) is 2. The summed E-state index contributed by atoms with van der Waals surface area (Å²) in [6, 6.07) is 14.7. The van der Waals surface area contributed by atoms with Crippen LogP contribution in [-0.2, 0) is 9.84 Å². The van der Waals surface area contributed by atoms with Crippen LogP contribution in [0.5, 0.6) is 11.5 Å². The number of hydrogen-bond acceptors (Lipinski definition) is 6. The molecule has 0 saturated heterocycles. The fourth-order valence-electron chi connectivity index (χ4n) is 3.01. The minimum absolute atomic E-state index is 0.0247. The van der Waals surface area contributed by atoms with Gasteiger partial charge in [-0.15, -0.1) is 0 Å². The van der Waals surface area contributed by atoms with Crippen molar-refractivity contribution in [3.05, 3.63) is 60.3 Å². The molecule has 1 amide bonds. The Morgan fingerprint density at radius 3 is 2.42 bits per heavy atom. The molecule has 0 atom stereocenters. The largest absolute Gasteiger partial charge is 0.493 e. The van der Waals surface area contributed by atoms with E-state index in [2.05, 4.69) is 10.4 Å². The van der Waals surface area contributed by atoms with Gasteiger partial charge in [0.2, 0.25) is 0 Å². The highest BCUT2D eigenvalue weighted by Gasteiger charge is 2.20. The van der Waals surface area contributed by atoms with E-state index in [1.165, 1.54) is 7.11 Å². The molecule has 164 valence electrons. The third-order valence-corrected chi connectivity index (χ3v) is 6.48. The lowest BCUT2D eigenvalue weighted by atomic mass is 10.1. The number of sulfone groups is 1. The SMILES string of the molecule is CCS(=O)(=O)CCNC(=O)c1cn(-c2ccccc2)nc1-c1ccc(OC)c(OC)c1. The predicted octanol–water partition coefficient (Wildman–Crippen LogP) is 2.72. The number of nitrogens with one attached hydrogen (secondary N) is 1. The normalized spacial score (nSPS) is 11.2. The minimum atomic E-state index is -3.18. The lowest BCUT2D eigenvalue weighted by Gasteiger charge is -2.10. The Morgan fingerprint density at radius 1 is 1.06 bits per heavy atom. The van der Waals surface area contributed by atoms with Crippen molar-refractivity contribution in [2.45, 2.75) is 6.92 Å². The van der Waals surface area contributed by atoms with Crippen molar-refractivity contribution in [2.24, 2.45) is 0 Å². The second-order valence-electron chi connectivity index (χ2n) is 6.73. The Kier molecular flexibility index (Phi) is 6.96. The van der Waals surface area contributed by atoms with Crippen molar-refractivity contribution in [1.82, 2.24) is 15.1 Å². The zero-order valence-corrected chi connectivity index (χ0v) is 18.5. The Labute approximate surface area is 181 Å². The molecule has 0 fully saturated rings. The molecular weight excluding hydrogens is 418 g/mol. The number of amides is 1. The van der Waals surface area contributed by atoms with Crippen LogP contribution < -0.4 is 14.8 Å². The quantitative estimate of drug-likeness (QED) is 0.546. The first-order chi connectivity index (χ1) is 14.9. The molecule has 9 heteroatoms. The van der Waals surface area contributed by atoms with Crippen LogP contribution in [0, 0.1) is 0 Å². The van der Waals surface area contributed by atoms with E-state index in [1.807, 2.05) is 30.3 Å². The summed E-state index contributed by atoms with van der Waals surface area (Å²) >= 11 is 0. The lowest BCUT2D eigenvalue weighted by Crippen LogP contribution is -2.29. The van der Waals surface area contributed by atoms with Crippen molar-refractivity contribution in [2.75, 3.05) is 32.3 Å². The monoisotopic (exact) mass is 443 g/mol.